The smallest absolute Gasteiger partial charge is 0.242 e. The highest BCUT2D eigenvalue weighted by Crippen LogP contribution is 2.30. The molecule has 1 heterocycles. The van der Waals surface area contributed by atoms with Crippen LogP contribution in [0.2, 0.25) is 0 Å². The van der Waals surface area contributed by atoms with Crippen molar-refractivity contribution in [3.63, 3.8) is 0 Å². The van der Waals surface area contributed by atoms with Crippen LogP contribution in [0.4, 0.5) is 13.2 Å². The summed E-state index contributed by atoms with van der Waals surface area (Å²) < 4.78 is 63.3. The monoisotopic (exact) mass is 346 g/mol. The number of nitrogens with one attached hydrogen (secondary N) is 1. The largest absolute Gasteiger partial charge is 0.407 e. The fourth-order valence-electron chi connectivity index (χ4n) is 0.967. The number of aromatic nitrogens is 1. The van der Waals surface area contributed by atoms with Crippen molar-refractivity contribution in [1.82, 2.24) is 9.71 Å². The predicted molar refractivity (Wildman–Crippen MR) is 62.4 cm³/mol. The van der Waals surface area contributed by atoms with Gasteiger partial charge in [-0.15, -0.1) is 0 Å². The van der Waals surface area contributed by atoms with E-state index >= 15 is 0 Å². The van der Waals surface area contributed by atoms with Crippen LogP contribution in [0.5, 0.6) is 0 Å². The molecule has 1 rings (SSSR count). The van der Waals surface area contributed by atoms with Crippen LogP contribution in [-0.2, 0) is 10.0 Å². The molecule has 1 N–H and O–H groups in total. The molecule has 1 aromatic heterocycles. The maximum Gasteiger partial charge on any atom is 0.407 e. The lowest BCUT2D eigenvalue weighted by Gasteiger charge is -2.28. The average Bonchev–Trinajstić information content (AvgIpc) is 2.14. The quantitative estimate of drug-likeness (QED) is 0.914. The maximum atomic E-state index is 12.6. The highest BCUT2D eigenvalue weighted by Gasteiger charge is 2.50. The summed E-state index contributed by atoms with van der Waals surface area (Å²) in [4.78, 5) is 3.55. The summed E-state index contributed by atoms with van der Waals surface area (Å²) >= 11 is 3.05. The molecule has 102 valence electrons. The zero-order valence-corrected chi connectivity index (χ0v) is 11.8. The lowest BCUT2D eigenvalue weighted by atomic mass is 10.1. The van der Waals surface area contributed by atoms with E-state index in [4.69, 9.17) is 0 Å². The van der Waals surface area contributed by atoms with E-state index in [1.807, 2.05) is 0 Å². The van der Waals surface area contributed by atoms with Crippen molar-refractivity contribution < 1.29 is 21.6 Å². The minimum atomic E-state index is -4.70. The molecule has 0 saturated carbocycles. The van der Waals surface area contributed by atoms with E-state index in [9.17, 15) is 21.6 Å². The van der Waals surface area contributed by atoms with E-state index in [0.29, 0.717) is 4.47 Å². The van der Waals surface area contributed by atoms with E-state index < -0.39 is 26.8 Å². The Morgan fingerprint density at radius 1 is 1.28 bits per heavy atom. The topological polar surface area (TPSA) is 59.1 Å². The van der Waals surface area contributed by atoms with Crippen molar-refractivity contribution in [2.75, 3.05) is 0 Å². The first-order valence-corrected chi connectivity index (χ1v) is 6.95. The van der Waals surface area contributed by atoms with E-state index in [-0.39, 0.29) is 0 Å². The van der Waals surface area contributed by atoms with Crippen LogP contribution in [-0.4, -0.2) is 25.1 Å². The second kappa shape index (κ2) is 4.78. The van der Waals surface area contributed by atoms with Gasteiger partial charge in [-0.25, -0.2) is 13.4 Å². The van der Waals surface area contributed by atoms with Crippen LogP contribution in [0, 0.1) is 0 Å². The standard InChI is InChI=1S/C9H10BrF3N2O2S/c1-8(2,9(11,12)13)15-18(16,17)7-4-3-6(10)5-14-7/h3-5,15H,1-2H3. The summed E-state index contributed by atoms with van der Waals surface area (Å²) in [5, 5.41) is -0.469. The summed E-state index contributed by atoms with van der Waals surface area (Å²) in [6.45, 7) is 1.48. The van der Waals surface area contributed by atoms with E-state index in [1.165, 1.54) is 12.3 Å². The first-order valence-electron chi connectivity index (χ1n) is 4.68. The van der Waals surface area contributed by atoms with Gasteiger partial charge in [-0.1, -0.05) is 0 Å². The van der Waals surface area contributed by atoms with Gasteiger partial charge in [0.15, 0.2) is 5.03 Å². The van der Waals surface area contributed by atoms with Gasteiger partial charge in [-0.2, -0.15) is 17.9 Å². The van der Waals surface area contributed by atoms with Gasteiger partial charge in [-0.3, -0.25) is 0 Å². The lowest BCUT2D eigenvalue weighted by molar-refractivity contribution is -0.180. The van der Waals surface area contributed by atoms with Crippen molar-refractivity contribution in [2.45, 2.75) is 30.6 Å². The number of sulfonamides is 1. The van der Waals surface area contributed by atoms with Gasteiger partial charge in [0.2, 0.25) is 0 Å². The van der Waals surface area contributed by atoms with Crippen molar-refractivity contribution >= 4 is 26.0 Å². The number of halogens is 4. The second-order valence-electron chi connectivity index (χ2n) is 4.04. The molecule has 0 saturated heterocycles. The van der Waals surface area contributed by atoms with Crippen molar-refractivity contribution in [1.29, 1.82) is 0 Å². The molecule has 0 atom stereocenters. The molecule has 4 nitrogen and oxygen atoms in total. The zero-order chi connectivity index (χ0) is 14.2. The van der Waals surface area contributed by atoms with Crippen LogP contribution in [0.15, 0.2) is 27.8 Å². The molecule has 0 unspecified atom stereocenters. The molecule has 0 radical (unpaired) electrons. The van der Waals surface area contributed by atoms with Crippen LogP contribution in [0.1, 0.15) is 13.8 Å². The molecule has 0 aliphatic carbocycles. The van der Waals surface area contributed by atoms with E-state index in [0.717, 1.165) is 19.9 Å². The number of alkyl halides is 3. The Morgan fingerprint density at radius 3 is 2.22 bits per heavy atom. The van der Waals surface area contributed by atoms with Crippen molar-refractivity contribution in [3.05, 3.63) is 22.8 Å². The Morgan fingerprint density at radius 2 is 1.83 bits per heavy atom. The molecule has 0 spiro atoms. The number of nitrogens with zero attached hydrogens (tertiary/aromatic N) is 1. The molecule has 0 bridgehead atoms. The zero-order valence-electron chi connectivity index (χ0n) is 9.42. The van der Waals surface area contributed by atoms with Crippen molar-refractivity contribution in [3.8, 4) is 0 Å². The minimum Gasteiger partial charge on any atom is -0.242 e. The van der Waals surface area contributed by atoms with Crippen LogP contribution in [0.25, 0.3) is 0 Å². The SMILES string of the molecule is CC(C)(NS(=O)(=O)c1ccc(Br)cn1)C(F)(F)F. The summed E-state index contributed by atoms with van der Waals surface area (Å²) in [5.74, 6) is 0. The van der Waals surface area contributed by atoms with Gasteiger partial charge in [0.05, 0.1) is 0 Å². The summed E-state index contributed by atoms with van der Waals surface area (Å²) in [6, 6.07) is 2.49. The molecule has 18 heavy (non-hydrogen) atoms. The van der Waals surface area contributed by atoms with E-state index in [1.54, 1.807) is 4.72 Å². The molecule has 0 amide bonds. The Balaban J connectivity index is 3.07. The number of hydrogen-bond donors (Lipinski definition) is 1. The molecule has 0 aliphatic rings. The highest BCUT2D eigenvalue weighted by atomic mass is 79.9. The van der Waals surface area contributed by atoms with Gasteiger partial charge >= 0.3 is 6.18 Å². The Bertz CT molecular complexity index is 526. The van der Waals surface area contributed by atoms with Crippen LogP contribution < -0.4 is 4.72 Å². The number of hydrogen-bond acceptors (Lipinski definition) is 3. The molecular formula is C9H10BrF3N2O2S. The third kappa shape index (κ3) is 3.42. The summed E-state index contributed by atoms with van der Waals surface area (Å²) in [5.41, 5.74) is -2.57. The van der Waals surface area contributed by atoms with Gasteiger partial charge in [0, 0.05) is 10.7 Å². The molecule has 1 aromatic rings. The fourth-order valence-corrected chi connectivity index (χ4v) is 2.53. The Kier molecular flexibility index (Phi) is 4.09. The van der Waals surface area contributed by atoms with Gasteiger partial charge < -0.3 is 0 Å². The third-order valence-electron chi connectivity index (χ3n) is 2.07. The normalized spacial score (nSPS) is 13.7. The van der Waals surface area contributed by atoms with Crippen molar-refractivity contribution in [2.24, 2.45) is 0 Å². The first kappa shape index (κ1) is 15.4. The Labute approximate surface area is 111 Å². The molecular weight excluding hydrogens is 337 g/mol. The lowest BCUT2D eigenvalue weighted by Crippen LogP contribution is -2.54. The molecule has 0 fully saturated rings. The minimum absolute atomic E-state index is 0.469. The second-order valence-corrected chi connectivity index (χ2v) is 6.59. The average molecular weight is 347 g/mol. The first-order chi connectivity index (χ1) is 7.96. The van der Waals surface area contributed by atoms with Gasteiger partial charge in [-0.05, 0) is 41.9 Å². The molecule has 0 aromatic carbocycles. The van der Waals surface area contributed by atoms with Crippen LogP contribution >= 0.6 is 15.9 Å². The predicted octanol–water partition coefficient (Wildman–Crippen LogP) is 2.46. The van der Waals surface area contributed by atoms with Gasteiger partial charge in [0.25, 0.3) is 10.0 Å². The maximum absolute atomic E-state index is 12.6. The van der Waals surface area contributed by atoms with Crippen LogP contribution in [0.3, 0.4) is 0 Å². The summed E-state index contributed by atoms with van der Waals surface area (Å²) in [6.07, 6.45) is -3.51. The van der Waals surface area contributed by atoms with E-state index in [2.05, 4.69) is 20.9 Å². The third-order valence-corrected chi connectivity index (χ3v) is 4.11. The van der Waals surface area contributed by atoms with Gasteiger partial charge in [0.1, 0.15) is 5.54 Å². The number of pyridine rings is 1. The Hall–Kier alpha value is -0.670. The molecule has 9 heteroatoms. The summed E-state index contributed by atoms with van der Waals surface area (Å²) in [7, 11) is -4.32. The highest BCUT2D eigenvalue weighted by molar-refractivity contribution is 9.10. The fraction of sp³-hybridized carbons (Fsp3) is 0.444. The molecule has 0 aliphatic heterocycles. The number of rotatable bonds is 3.